The number of phenolic OH excluding ortho intramolecular Hbond substituents is 3. The van der Waals surface area contributed by atoms with E-state index in [0.29, 0.717) is 5.56 Å². The number of hydrogen-bond acceptors (Lipinski definition) is 11. The van der Waals surface area contributed by atoms with Gasteiger partial charge in [0.25, 0.3) is 0 Å². The van der Waals surface area contributed by atoms with E-state index in [0.717, 1.165) is 19.1 Å². The molecule has 0 amide bonds. The Morgan fingerprint density at radius 2 is 1.71 bits per heavy atom. The molecule has 2 heterocycles. The molecule has 4 rings (SSSR count). The van der Waals surface area contributed by atoms with Gasteiger partial charge in [-0.3, -0.25) is 9.59 Å². The van der Waals surface area contributed by atoms with Crippen LogP contribution in [-0.2, 0) is 14.3 Å². The van der Waals surface area contributed by atoms with Crippen molar-refractivity contribution in [1.82, 2.24) is 0 Å². The lowest BCUT2D eigenvalue weighted by molar-refractivity contribution is -0.240. The lowest BCUT2D eigenvalue weighted by Crippen LogP contribution is -2.56. The summed E-state index contributed by atoms with van der Waals surface area (Å²) in [6.07, 6.45) is -7.75. The third-order valence-electron chi connectivity index (χ3n) is 5.60. The van der Waals surface area contributed by atoms with Gasteiger partial charge in [0.2, 0.25) is 0 Å². The van der Waals surface area contributed by atoms with E-state index >= 15 is 0 Å². The number of aliphatic hydroxyl groups excluding tert-OH is 3. The average Bonchev–Trinajstić information content (AvgIpc) is 2.77. The molecule has 5 atom stereocenters. The Hall–Kier alpha value is -3.64. The van der Waals surface area contributed by atoms with E-state index in [2.05, 4.69) is 0 Å². The molecule has 1 aromatic heterocycles. The van der Waals surface area contributed by atoms with Crippen LogP contribution in [0.3, 0.4) is 0 Å². The van der Waals surface area contributed by atoms with Gasteiger partial charge in [-0.25, -0.2) is 0 Å². The second-order valence-corrected chi connectivity index (χ2v) is 7.89. The Bertz CT molecular complexity index is 1280. The van der Waals surface area contributed by atoms with Crippen LogP contribution in [0.5, 0.6) is 17.2 Å². The molecule has 2 unspecified atom stereocenters. The number of phenols is 3. The van der Waals surface area contributed by atoms with E-state index in [-0.39, 0.29) is 28.0 Å². The Morgan fingerprint density at radius 3 is 2.32 bits per heavy atom. The maximum atomic E-state index is 12.9. The Kier molecular flexibility index (Phi) is 6.19. The molecule has 11 heteroatoms. The van der Waals surface area contributed by atoms with Crippen LogP contribution in [0.1, 0.15) is 18.6 Å². The van der Waals surface area contributed by atoms with Crippen LogP contribution in [-0.4, -0.2) is 67.6 Å². The number of benzene rings is 2. The number of hydrogen-bond donors (Lipinski definition) is 6. The quantitative estimate of drug-likeness (QED) is 0.292. The minimum Gasteiger partial charge on any atom is -0.508 e. The van der Waals surface area contributed by atoms with Crippen molar-refractivity contribution in [3.63, 3.8) is 0 Å². The minimum absolute atomic E-state index is 0.0166. The molecule has 0 spiro atoms. The van der Waals surface area contributed by atoms with Crippen molar-refractivity contribution in [3.05, 3.63) is 52.2 Å². The van der Waals surface area contributed by atoms with E-state index in [1.54, 1.807) is 0 Å². The standard InChI is InChI=1S/C23H22O11/c1-9(25)32-23-20(31)19(30)16(8-24)34-22(23)18-13(28)6-12(27)17-14(29)7-15(33-21(17)18)10-2-4-11(26)5-3-10/h2-7,16,19-20,22-24,26-28,30-31H,8H2,1H3/t16?,19-,20+,22+,23?/m1/s1. The second-order valence-electron chi connectivity index (χ2n) is 7.89. The summed E-state index contributed by atoms with van der Waals surface area (Å²) in [5.74, 6) is -2.05. The van der Waals surface area contributed by atoms with Crippen molar-refractivity contribution in [2.45, 2.75) is 37.4 Å². The third kappa shape index (κ3) is 4.05. The largest absolute Gasteiger partial charge is 0.508 e. The minimum atomic E-state index is -1.73. The molecule has 11 nitrogen and oxygen atoms in total. The highest BCUT2D eigenvalue weighted by atomic mass is 16.6. The molecule has 6 N–H and O–H groups in total. The number of ether oxygens (including phenoxy) is 2. The molecule has 2 aromatic carbocycles. The molecular formula is C23H22O11. The van der Waals surface area contributed by atoms with Gasteiger partial charge in [-0.05, 0) is 24.3 Å². The van der Waals surface area contributed by atoms with Crippen LogP contribution in [0, 0.1) is 0 Å². The smallest absolute Gasteiger partial charge is 0.303 e. The summed E-state index contributed by atoms with van der Waals surface area (Å²) >= 11 is 0. The maximum absolute atomic E-state index is 12.9. The topological polar surface area (TPSA) is 187 Å². The van der Waals surface area contributed by atoms with Gasteiger partial charge in [-0.15, -0.1) is 0 Å². The molecule has 0 bridgehead atoms. The summed E-state index contributed by atoms with van der Waals surface area (Å²) in [4.78, 5) is 24.6. The predicted octanol–water partition coefficient (Wildman–Crippen LogP) is 0.662. The van der Waals surface area contributed by atoms with E-state index in [1.165, 1.54) is 24.3 Å². The van der Waals surface area contributed by atoms with Crippen LogP contribution in [0.15, 0.2) is 45.6 Å². The van der Waals surface area contributed by atoms with Crippen molar-refractivity contribution >= 4 is 16.9 Å². The first-order valence-electron chi connectivity index (χ1n) is 10.2. The van der Waals surface area contributed by atoms with E-state index in [4.69, 9.17) is 13.9 Å². The summed E-state index contributed by atoms with van der Waals surface area (Å²) in [7, 11) is 0. The van der Waals surface area contributed by atoms with Gasteiger partial charge in [0, 0.05) is 24.6 Å². The first kappa shape index (κ1) is 23.5. The van der Waals surface area contributed by atoms with Crippen LogP contribution < -0.4 is 5.43 Å². The highest BCUT2D eigenvalue weighted by molar-refractivity contribution is 5.89. The molecule has 1 aliphatic heterocycles. The Labute approximate surface area is 191 Å². The number of esters is 1. The highest BCUT2D eigenvalue weighted by Crippen LogP contribution is 2.44. The fourth-order valence-corrected chi connectivity index (χ4v) is 4.01. The summed E-state index contributed by atoms with van der Waals surface area (Å²) < 4.78 is 16.7. The Morgan fingerprint density at radius 1 is 1.03 bits per heavy atom. The van der Waals surface area contributed by atoms with Gasteiger partial charge in [0.15, 0.2) is 17.1 Å². The molecule has 1 saturated heterocycles. The fourth-order valence-electron chi connectivity index (χ4n) is 4.01. The monoisotopic (exact) mass is 474 g/mol. The highest BCUT2D eigenvalue weighted by Gasteiger charge is 2.48. The van der Waals surface area contributed by atoms with Gasteiger partial charge in [-0.1, -0.05) is 0 Å². The number of aromatic hydroxyl groups is 3. The normalized spacial score (nSPS) is 24.8. The zero-order valence-electron chi connectivity index (χ0n) is 17.8. The van der Waals surface area contributed by atoms with Crippen LogP contribution in [0.2, 0.25) is 0 Å². The van der Waals surface area contributed by atoms with Gasteiger partial charge >= 0.3 is 5.97 Å². The first-order valence-corrected chi connectivity index (χ1v) is 10.2. The molecule has 0 aliphatic carbocycles. The fraction of sp³-hybridized carbons (Fsp3) is 0.304. The molecule has 0 saturated carbocycles. The molecule has 34 heavy (non-hydrogen) atoms. The summed E-state index contributed by atoms with van der Waals surface area (Å²) in [5.41, 5.74) is -0.866. The molecule has 1 fully saturated rings. The number of carbonyl (C=O) groups excluding carboxylic acids is 1. The van der Waals surface area contributed by atoms with Crippen LogP contribution >= 0.6 is 0 Å². The zero-order chi connectivity index (χ0) is 24.7. The lowest BCUT2D eigenvalue weighted by Gasteiger charge is -2.41. The first-order chi connectivity index (χ1) is 16.1. The van der Waals surface area contributed by atoms with E-state index in [1.807, 2.05) is 0 Å². The number of aliphatic hydroxyl groups is 3. The van der Waals surface area contributed by atoms with Crippen molar-refractivity contribution in [3.8, 4) is 28.6 Å². The van der Waals surface area contributed by atoms with E-state index < -0.39 is 60.0 Å². The number of carbonyl (C=O) groups is 1. The summed E-state index contributed by atoms with van der Waals surface area (Å²) in [6.45, 7) is 0.340. The van der Waals surface area contributed by atoms with Crippen molar-refractivity contribution in [1.29, 1.82) is 0 Å². The Balaban J connectivity index is 1.98. The van der Waals surface area contributed by atoms with Gasteiger partial charge in [0.1, 0.15) is 52.8 Å². The SMILES string of the molecule is CC(=O)OC1[C@@H](O)[C@H](O)C(CO)O[C@H]1c1c(O)cc(O)c2c(=O)cc(-c3ccc(O)cc3)oc12. The molecular weight excluding hydrogens is 452 g/mol. The van der Waals surface area contributed by atoms with Crippen molar-refractivity contribution < 1.29 is 49.3 Å². The van der Waals surface area contributed by atoms with E-state index in [9.17, 15) is 40.2 Å². The van der Waals surface area contributed by atoms with Crippen LogP contribution in [0.4, 0.5) is 0 Å². The van der Waals surface area contributed by atoms with Crippen LogP contribution in [0.25, 0.3) is 22.3 Å². The molecule has 1 aliphatic rings. The lowest BCUT2D eigenvalue weighted by atomic mass is 9.89. The van der Waals surface area contributed by atoms with Gasteiger partial charge in [-0.2, -0.15) is 0 Å². The second kappa shape index (κ2) is 8.95. The number of rotatable bonds is 4. The average molecular weight is 474 g/mol. The molecule has 180 valence electrons. The van der Waals surface area contributed by atoms with Gasteiger partial charge in [0.05, 0.1) is 12.2 Å². The molecule has 0 radical (unpaired) electrons. The number of fused-ring (bicyclic) bond motifs is 1. The van der Waals surface area contributed by atoms with Gasteiger partial charge < -0.3 is 44.5 Å². The summed E-state index contributed by atoms with van der Waals surface area (Å²) in [6, 6.07) is 7.66. The van der Waals surface area contributed by atoms with Crippen molar-refractivity contribution in [2.24, 2.45) is 0 Å². The predicted molar refractivity (Wildman–Crippen MR) is 115 cm³/mol. The maximum Gasteiger partial charge on any atom is 0.303 e. The third-order valence-corrected chi connectivity index (χ3v) is 5.60. The molecule has 3 aromatic rings. The van der Waals surface area contributed by atoms with Crippen molar-refractivity contribution in [2.75, 3.05) is 6.61 Å². The summed E-state index contributed by atoms with van der Waals surface area (Å²) in [5, 5.41) is 60.7. The zero-order valence-corrected chi connectivity index (χ0v) is 17.8.